The van der Waals surface area contributed by atoms with Gasteiger partial charge in [-0.15, -0.1) is 0 Å². The van der Waals surface area contributed by atoms with Gasteiger partial charge in [0.25, 0.3) is 5.89 Å². The van der Waals surface area contributed by atoms with E-state index in [4.69, 9.17) is 27.7 Å². The van der Waals surface area contributed by atoms with Gasteiger partial charge in [0.2, 0.25) is 0 Å². The number of nitrogens with one attached hydrogen (secondary N) is 1. The lowest BCUT2D eigenvalue weighted by Gasteiger charge is -2.04. The molecule has 0 aliphatic carbocycles. The van der Waals surface area contributed by atoms with E-state index in [1.165, 1.54) is 12.1 Å². The summed E-state index contributed by atoms with van der Waals surface area (Å²) in [6.07, 6.45) is 0.605. The maximum absolute atomic E-state index is 13.4. The minimum absolute atomic E-state index is 0.0442. The number of hydrogen-bond donors (Lipinski definition) is 1. The Bertz CT molecular complexity index is 588. The fourth-order valence-electron chi connectivity index (χ4n) is 1.51. The standard InChI is InChI=1S/C12H12Cl2FN3O/c1-6(16-2)3-11-17-12(19-18-11)7-4-10(15)9(14)5-8(7)13/h4-6,16H,3H2,1-2H3. The van der Waals surface area contributed by atoms with Crippen molar-refractivity contribution in [1.29, 1.82) is 0 Å². The lowest BCUT2D eigenvalue weighted by molar-refractivity contribution is 0.418. The molecule has 102 valence electrons. The van der Waals surface area contributed by atoms with Crippen LogP contribution in [0.3, 0.4) is 0 Å². The third-order valence-electron chi connectivity index (χ3n) is 2.69. The molecule has 0 bridgehead atoms. The Labute approximate surface area is 119 Å². The van der Waals surface area contributed by atoms with E-state index in [-0.39, 0.29) is 22.0 Å². The van der Waals surface area contributed by atoms with Gasteiger partial charge in [0.15, 0.2) is 5.82 Å². The van der Waals surface area contributed by atoms with Crippen LogP contribution < -0.4 is 5.32 Å². The normalized spacial score (nSPS) is 12.7. The van der Waals surface area contributed by atoms with Crippen molar-refractivity contribution in [2.75, 3.05) is 7.05 Å². The maximum atomic E-state index is 13.4. The molecule has 4 nitrogen and oxygen atoms in total. The smallest absolute Gasteiger partial charge is 0.259 e. The molecule has 2 rings (SSSR count). The first-order valence-corrected chi connectivity index (χ1v) is 6.41. The van der Waals surface area contributed by atoms with E-state index in [0.717, 1.165) is 0 Å². The van der Waals surface area contributed by atoms with E-state index in [2.05, 4.69) is 15.5 Å². The highest BCUT2D eigenvalue weighted by atomic mass is 35.5. The summed E-state index contributed by atoms with van der Waals surface area (Å²) in [5, 5.41) is 7.12. The second-order valence-electron chi connectivity index (χ2n) is 4.16. The monoisotopic (exact) mass is 303 g/mol. The molecule has 0 amide bonds. The van der Waals surface area contributed by atoms with Gasteiger partial charge in [0.05, 0.1) is 15.6 Å². The molecule has 0 spiro atoms. The first-order valence-electron chi connectivity index (χ1n) is 5.66. The Morgan fingerprint density at radius 2 is 2.11 bits per heavy atom. The summed E-state index contributed by atoms with van der Waals surface area (Å²) < 4.78 is 18.5. The van der Waals surface area contributed by atoms with Crippen molar-refractivity contribution in [3.05, 3.63) is 33.8 Å². The summed E-state index contributed by atoms with van der Waals surface area (Å²) in [7, 11) is 1.84. The van der Waals surface area contributed by atoms with Crippen LogP contribution in [0.2, 0.25) is 10.0 Å². The Kier molecular flexibility index (Phi) is 4.39. The Morgan fingerprint density at radius 1 is 1.37 bits per heavy atom. The van der Waals surface area contributed by atoms with Crippen molar-refractivity contribution in [3.8, 4) is 11.5 Å². The van der Waals surface area contributed by atoms with Crippen molar-refractivity contribution in [2.24, 2.45) is 0 Å². The summed E-state index contributed by atoms with van der Waals surface area (Å²) in [5.74, 6) is 0.131. The molecule has 0 aliphatic heterocycles. The van der Waals surface area contributed by atoms with Gasteiger partial charge in [-0.3, -0.25) is 0 Å². The van der Waals surface area contributed by atoms with Gasteiger partial charge in [0, 0.05) is 12.5 Å². The highest BCUT2D eigenvalue weighted by molar-refractivity contribution is 6.36. The Morgan fingerprint density at radius 3 is 2.79 bits per heavy atom. The van der Waals surface area contributed by atoms with Gasteiger partial charge in [0.1, 0.15) is 5.82 Å². The number of aromatic nitrogens is 2. The average molecular weight is 304 g/mol. The number of rotatable bonds is 4. The van der Waals surface area contributed by atoms with Crippen LogP contribution in [0.15, 0.2) is 16.7 Å². The van der Waals surface area contributed by atoms with Crippen LogP contribution in [0.4, 0.5) is 4.39 Å². The van der Waals surface area contributed by atoms with Crippen molar-refractivity contribution < 1.29 is 8.91 Å². The number of halogens is 3. The number of hydrogen-bond acceptors (Lipinski definition) is 4. The molecule has 0 aliphatic rings. The number of nitrogens with zero attached hydrogens (tertiary/aromatic N) is 2. The summed E-state index contributed by atoms with van der Waals surface area (Å²) in [5.41, 5.74) is 0.333. The van der Waals surface area contributed by atoms with Gasteiger partial charge in [-0.1, -0.05) is 28.4 Å². The van der Waals surface area contributed by atoms with Crippen molar-refractivity contribution in [1.82, 2.24) is 15.5 Å². The predicted molar refractivity (Wildman–Crippen MR) is 71.9 cm³/mol. The van der Waals surface area contributed by atoms with Crippen LogP contribution in [-0.4, -0.2) is 23.2 Å². The zero-order valence-electron chi connectivity index (χ0n) is 10.4. The molecule has 1 unspecified atom stereocenters. The highest BCUT2D eigenvalue weighted by Gasteiger charge is 2.16. The third kappa shape index (κ3) is 3.23. The molecule has 1 N–H and O–H groups in total. The van der Waals surface area contributed by atoms with E-state index >= 15 is 0 Å². The molecule has 19 heavy (non-hydrogen) atoms. The molecule has 0 saturated heterocycles. The second-order valence-corrected chi connectivity index (χ2v) is 4.97. The Balaban J connectivity index is 2.30. The lowest BCUT2D eigenvalue weighted by Crippen LogP contribution is -2.24. The van der Waals surface area contributed by atoms with Crippen LogP contribution in [0.25, 0.3) is 11.5 Å². The molecule has 0 saturated carbocycles. The van der Waals surface area contributed by atoms with Gasteiger partial charge in [-0.05, 0) is 26.1 Å². The summed E-state index contributed by atoms with van der Waals surface area (Å²) in [6, 6.07) is 2.71. The van der Waals surface area contributed by atoms with Crippen molar-refractivity contribution >= 4 is 23.2 Å². The zero-order chi connectivity index (χ0) is 14.0. The van der Waals surface area contributed by atoms with E-state index < -0.39 is 5.82 Å². The average Bonchev–Trinajstić information content (AvgIpc) is 2.82. The molecule has 0 radical (unpaired) electrons. The maximum Gasteiger partial charge on any atom is 0.259 e. The topological polar surface area (TPSA) is 51.0 Å². The van der Waals surface area contributed by atoms with E-state index in [1.54, 1.807) is 0 Å². The number of likely N-dealkylation sites (N-methyl/N-ethyl adjacent to an activating group) is 1. The summed E-state index contributed by atoms with van der Waals surface area (Å²) in [4.78, 5) is 4.19. The van der Waals surface area contributed by atoms with Gasteiger partial charge < -0.3 is 9.84 Å². The minimum atomic E-state index is -0.579. The van der Waals surface area contributed by atoms with Crippen LogP contribution in [-0.2, 0) is 6.42 Å². The highest BCUT2D eigenvalue weighted by Crippen LogP contribution is 2.31. The molecule has 1 atom stereocenters. The first-order chi connectivity index (χ1) is 9.01. The fourth-order valence-corrected chi connectivity index (χ4v) is 1.97. The van der Waals surface area contributed by atoms with Gasteiger partial charge >= 0.3 is 0 Å². The van der Waals surface area contributed by atoms with Gasteiger partial charge in [-0.25, -0.2) is 4.39 Å². The molecule has 1 aromatic heterocycles. The molecule has 0 fully saturated rings. The van der Waals surface area contributed by atoms with Crippen molar-refractivity contribution in [3.63, 3.8) is 0 Å². The molecular weight excluding hydrogens is 292 g/mol. The zero-order valence-corrected chi connectivity index (χ0v) is 11.9. The summed E-state index contributed by atoms with van der Waals surface area (Å²) >= 11 is 11.6. The van der Waals surface area contributed by atoms with Crippen LogP contribution in [0.5, 0.6) is 0 Å². The SMILES string of the molecule is CNC(C)Cc1noc(-c2cc(F)c(Cl)cc2Cl)n1. The molecule has 1 heterocycles. The van der Waals surface area contributed by atoms with Crippen LogP contribution in [0, 0.1) is 5.82 Å². The summed E-state index contributed by atoms with van der Waals surface area (Å²) in [6.45, 7) is 1.99. The number of benzene rings is 1. The molecule has 1 aromatic carbocycles. The van der Waals surface area contributed by atoms with Gasteiger partial charge in [-0.2, -0.15) is 4.98 Å². The lowest BCUT2D eigenvalue weighted by atomic mass is 10.2. The second kappa shape index (κ2) is 5.86. The predicted octanol–water partition coefficient (Wildman–Crippen LogP) is 3.33. The quantitative estimate of drug-likeness (QED) is 0.880. The molecule has 2 aromatic rings. The molecular formula is C12H12Cl2FN3O. The van der Waals surface area contributed by atoms with E-state index in [0.29, 0.717) is 17.8 Å². The van der Waals surface area contributed by atoms with Crippen LogP contribution >= 0.6 is 23.2 Å². The van der Waals surface area contributed by atoms with Crippen LogP contribution in [0.1, 0.15) is 12.7 Å². The van der Waals surface area contributed by atoms with Crippen molar-refractivity contribution in [2.45, 2.75) is 19.4 Å². The molecule has 7 heteroatoms. The Hall–Kier alpha value is -1.17. The largest absolute Gasteiger partial charge is 0.334 e. The minimum Gasteiger partial charge on any atom is -0.334 e. The third-order valence-corrected chi connectivity index (χ3v) is 3.29. The first kappa shape index (κ1) is 14.2. The van der Waals surface area contributed by atoms with E-state index in [9.17, 15) is 4.39 Å². The fraction of sp³-hybridized carbons (Fsp3) is 0.333. The van der Waals surface area contributed by atoms with E-state index in [1.807, 2.05) is 14.0 Å².